The lowest BCUT2D eigenvalue weighted by Gasteiger charge is -2.35. The number of ether oxygens (including phenoxy) is 1. The normalized spacial score (nSPS) is 25.6. The zero-order valence-electron chi connectivity index (χ0n) is 11.2. The molecule has 2 atom stereocenters. The van der Waals surface area contributed by atoms with Gasteiger partial charge in [0.1, 0.15) is 0 Å². The van der Waals surface area contributed by atoms with Gasteiger partial charge in [0, 0.05) is 19.6 Å². The topological polar surface area (TPSA) is 53.6 Å². The minimum atomic E-state index is -0.0785. The van der Waals surface area contributed by atoms with Crippen LogP contribution in [0.1, 0.15) is 33.6 Å². The summed E-state index contributed by atoms with van der Waals surface area (Å²) in [6, 6.07) is -0.0785. The summed E-state index contributed by atoms with van der Waals surface area (Å²) in [5.74, 6) is 0. The molecule has 1 rings (SSSR count). The molecule has 0 aromatic heterocycles. The number of carbonyl (C=O) groups excluding carboxylic acids is 1. The van der Waals surface area contributed by atoms with E-state index in [1.807, 2.05) is 0 Å². The van der Waals surface area contributed by atoms with Gasteiger partial charge in [-0.3, -0.25) is 4.90 Å². The van der Waals surface area contributed by atoms with Crippen LogP contribution in [-0.2, 0) is 4.74 Å². The van der Waals surface area contributed by atoms with E-state index in [1.54, 1.807) is 0 Å². The van der Waals surface area contributed by atoms with E-state index >= 15 is 0 Å². The predicted octanol–water partition coefficient (Wildman–Crippen LogP) is 1.15. The Labute approximate surface area is 104 Å². The molecule has 2 amide bonds. The average molecular weight is 243 g/mol. The molecule has 17 heavy (non-hydrogen) atoms. The van der Waals surface area contributed by atoms with Crippen LogP contribution in [0.5, 0.6) is 0 Å². The first-order valence-corrected chi connectivity index (χ1v) is 6.51. The van der Waals surface area contributed by atoms with Crippen LogP contribution in [0.25, 0.3) is 0 Å². The highest BCUT2D eigenvalue weighted by Crippen LogP contribution is 2.09. The van der Waals surface area contributed by atoms with Crippen LogP contribution in [-0.4, -0.2) is 49.4 Å². The third kappa shape index (κ3) is 5.89. The number of nitrogens with one attached hydrogen (secondary N) is 2. The van der Waals surface area contributed by atoms with Gasteiger partial charge >= 0.3 is 6.03 Å². The highest BCUT2D eigenvalue weighted by molar-refractivity contribution is 5.73. The van der Waals surface area contributed by atoms with Gasteiger partial charge in [0.15, 0.2) is 0 Å². The Hall–Kier alpha value is -0.810. The van der Waals surface area contributed by atoms with Gasteiger partial charge in [-0.2, -0.15) is 0 Å². The monoisotopic (exact) mass is 243 g/mol. The van der Waals surface area contributed by atoms with Gasteiger partial charge in [-0.15, -0.1) is 0 Å². The summed E-state index contributed by atoms with van der Waals surface area (Å²) in [5.41, 5.74) is 0. The van der Waals surface area contributed by atoms with Gasteiger partial charge in [0.25, 0.3) is 0 Å². The maximum absolute atomic E-state index is 11.4. The van der Waals surface area contributed by atoms with Gasteiger partial charge in [0.05, 0.1) is 18.9 Å². The fourth-order valence-electron chi connectivity index (χ4n) is 2.04. The minimum Gasteiger partial charge on any atom is -0.373 e. The van der Waals surface area contributed by atoms with Crippen molar-refractivity contribution < 1.29 is 9.53 Å². The van der Waals surface area contributed by atoms with Gasteiger partial charge < -0.3 is 15.4 Å². The predicted molar refractivity (Wildman–Crippen MR) is 67.9 cm³/mol. The molecule has 0 aliphatic carbocycles. The van der Waals surface area contributed by atoms with E-state index in [0.29, 0.717) is 6.67 Å². The summed E-state index contributed by atoms with van der Waals surface area (Å²) in [6.07, 6.45) is 2.60. The molecule has 2 N–H and O–H groups in total. The first-order valence-electron chi connectivity index (χ1n) is 6.51. The van der Waals surface area contributed by atoms with Crippen LogP contribution >= 0.6 is 0 Å². The third-order valence-electron chi connectivity index (χ3n) is 2.77. The van der Waals surface area contributed by atoms with Crippen LogP contribution < -0.4 is 10.6 Å². The van der Waals surface area contributed by atoms with E-state index < -0.39 is 0 Å². The zero-order valence-corrected chi connectivity index (χ0v) is 11.2. The number of nitrogens with zero attached hydrogens (tertiary/aromatic N) is 1. The van der Waals surface area contributed by atoms with Crippen LogP contribution in [0.2, 0.25) is 0 Å². The number of hydrogen-bond donors (Lipinski definition) is 2. The zero-order chi connectivity index (χ0) is 12.7. The summed E-state index contributed by atoms with van der Waals surface area (Å²) in [4.78, 5) is 13.7. The smallest absolute Gasteiger partial charge is 0.315 e. The quantitative estimate of drug-likeness (QED) is 0.712. The number of hydrogen-bond acceptors (Lipinski definition) is 3. The van der Waals surface area contributed by atoms with Crippen LogP contribution in [0.15, 0.2) is 0 Å². The van der Waals surface area contributed by atoms with E-state index in [0.717, 1.165) is 32.5 Å². The fraction of sp³-hybridized carbons (Fsp3) is 0.917. The highest BCUT2D eigenvalue weighted by Gasteiger charge is 2.21. The molecule has 0 aromatic rings. The van der Waals surface area contributed by atoms with E-state index in [9.17, 15) is 4.79 Å². The summed E-state index contributed by atoms with van der Waals surface area (Å²) in [6.45, 7) is 9.32. The molecule has 5 heteroatoms. The van der Waals surface area contributed by atoms with Crippen molar-refractivity contribution in [3.05, 3.63) is 0 Å². The van der Waals surface area contributed by atoms with Gasteiger partial charge in [-0.05, 0) is 20.3 Å². The standard InChI is InChI=1S/C12H25N3O2/c1-4-5-6-13-12(16)14-9-15-7-10(2)17-11(3)8-15/h10-11H,4-9H2,1-3H3,(H2,13,14,16). The molecule has 5 nitrogen and oxygen atoms in total. The molecule has 1 saturated heterocycles. The lowest BCUT2D eigenvalue weighted by molar-refractivity contribution is -0.0689. The Morgan fingerprint density at radius 3 is 2.53 bits per heavy atom. The highest BCUT2D eigenvalue weighted by atomic mass is 16.5. The Bertz CT molecular complexity index is 226. The number of carbonyl (C=O) groups is 1. The van der Waals surface area contributed by atoms with Gasteiger partial charge in [-0.25, -0.2) is 4.79 Å². The van der Waals surface area contributed by atoms with Crippen LogP contribution in [0, 0.1) is 0 Å². The molecule has 1 heterocycles. The third-order valence-corrected chi connectivity index (χ3v) is 2.77. The number of unbranched alkanes of at least 4 members (excludes halogenated alkanes) is 1. The largest absolute Gasteiger partial charge is 0.373 e. The molecule has 0 bridgehead atoms. The molecule has 1 aliphatic rings. The van der Waals surface area contributed by atoms with Crippen molar-refractivity contribution in [1.82, 2.24) is 15.5 Å². The summed E-state index contributed by atoms with van der Waals surface area (Å²) < 4.78 is 5.63. The molecule has 0 aromatic carbocycles. The maximum Gasteiger partial charge on any atom is 0.315 e. The fourth-order valence-corrected chi connectivity index (χ4v) is 2.04. The SMILES string of the molecule is CCCCNC(=O)NCN1CC(C)OC(C)C1. The average Bonchev–Trinajstić information content (AvgIpc) is 2.25. The van der Waals surface area contributed by atoms with Gasteiger partial charge in [-0.1, -0.05) is 13.3 Å². The van der Waals surface area contributed by atoms with Crippen molar-refractivity contribution in [3.63, 3.8) is 0 Å². The van der Waals surface area contributed by atoms with E-state index in [-0.39, 0.29) is 18.2 Å². The van der Waals surface area contributed by atoms with Crippen molar-refractivity contribution in [2.24, 2.45) is 0 Å². The second-order valence-corrected chi connectivity index (χ2v) is 4.74. The molecule has 100 valence electrons. The van der Waals surface area contributed by atoms with Crippen molar-refractivity contribution in [2.75, 3.05) is 26.3 Å². The number of rotatable bonds is 5. The van der Waals surface area contributed by atoms with Crippen molar-refractivity contribution >= 4 is 6.03 Å². The molecular formula is C12H25N3O2. The van der Waals surface area contributed by atoms with Crippen molar-refractivity contribution in [1.29, 1.82) is 0 Å². The van der Waals surface area contributed by atoms with Gasteiger partial charge in [0.2, 0.25) is 0 Å². The Morgan fingerprint density at radius 2 is 1.94 bits per heavy atom. The molecule has 1 aliphatic heterocycles. The number of morpholine rings is 1. The molecule has 0 spiro atoms. The summed E-state index contributed by atoms with van der Waals surface area (Å²) >= 11 is 0. The Kier molecular flexibility index (Phi) is 6.29. The van der Waals surface area contributed by atoms with Crippen LogP contribution in [0.4, 0.5) is 4.79 Å². The van der Waals surface area contributed by atoms with E-state index in [1.165, 1.54) is 0 Å². The van der Waals surface area contributed by atoms with Crippen LogP contribution in [0.3, 0.4) is 0 Å². The second-order valence-electron chi connectivity index (χ2n) is 4.74. The first kappa shape index (κ1) is 14.3. The summed E-state index contributed by atoms with van der Waals surface area (Å²) in [5, 5.41) is 5.71. The number of urea groups is 1. The van der Waals surface area contributed by atoms with Crippen molar-refractivity contribution in [3.8, 4) is 0 Å². The number of amides is 2. The lowest BCUT2D eigenvalue weighted by Crippen LogP contribution is -2.51. The van der Waals surface area contributed by atoms with E-state index in [4.69, 9.17) is 4.74 Å². The van der Waals surface area contributed by atoms with Crippen molar-refractivity contribution in [2.45, 2.75) is 45.8 Å². The molecule has 2 unspecified atom stereocenters. The maximum atomic E-state index is 11.4. The van der Waals surface area contributed by atoms with E-state index in [2.05, 4.69) is 36.3 Å². The molecule has 0 saturated carbocycles. The minimum absolute atomic E-state index is 0.0785. The molecule has 1 fully saturated rings. The lowest BCUT2D eigenvalue weighted by atomic mass is 10.2. The Morgan fingerprint density at radius 1 is 1.29 bits per heavy atom. The molecule has 0 radical (unpaired) electrons. The Balaban J connectivity index is 2.14. The first-order chi connectivity index (χ1) is 8.11. The second kappa shape index (κ2) is 7.50. The summed E-state index contributed by atoms with van der Waals surface area (Å²) in [7, 11) is 0. The molecular weight excluding hydrogens is 218 g/mol.